The van der Waals surface area contributed by atoms with Gasteiger partial charge in [-0.1, -0.05) is 6.07 Å². The lowest BCUT2D eigenvalue weighted by Gasteiger charge is -2.23. The Morgan fingerprint density at radius 2 is 2.04 bits per heavy atom. The van der Waals surface area contributed by atoms with Crippen molar-refractivity contribution in [1.29, 1.82) is 0 Å². The Labute approximate surface area is 185 Å². The normalized spacial score (nSPS) is 20.3. The predicted octanol–water partition coefficient (Wildman–Crippen LogP) is 3.73. The van der Waals surface area contributed by atoms with E-state index in [0.29, 0.717) is 18.9 Å². The minimum atomic E-state index is -0.318. The lowest BCUT2D eigenvalue weighted by atomic mass is 10.1. The van der Waals surface area contributed by atoms with Gasteiger partial charge in [0.25, 0.3) is 0 Å². The molecule has 28 heavy (non-hydrogen) atoms. The minimum Gasteiger partial charge on any atom is -0.491 e. The number of halogens is 2. The summed E-state index contributed by atoms with van der Waals surface area (Å²) in [6, 6.07) is 5.11. The first kappa shape index (κ1) is 23.2. The van der Waals surface area contributed by atoms with Gasteiger partial charge in [0.15, 0.2) is 17.5 Å². The van der Waals surface area contributed by atoms with Gasteiger partial charge >= 0.3 is 0 Å². The second-order valence-electron chi connectivity index (χ2n) is 7.48. The molecule has 0 amide bonds. The standard InChI is InChI=1S/C21H33FN4O.HI/c1-3-23-21(24-14-17-7-8-20(27-4-2)19(22)13-17)26-12-9-18(16-26)15-25-10-5-6-11-25;/h7-8,13,18H,3-6,9-12,14-16H2,1-2H3,(H,23,24);1H. The van der Waals surface area contributed by atoms with E-state index in [0.717, 1.165) is 37.1 Å². The fraction of sp³-hybridized carbons (Fsp3) is 0.667. The highest BCUT2D eigenvalue weighted by molar-refractivity contribution is 14.0. The molecule has 3 rings (SSSR count). The number of hydrogen-bond acceptors (Lipinski definition) is 3. The Kier molecular flexibility index (Phi) is 9.77. The van der Waals surface area contributed by atoms with E-state index >= 15 is 0 Å². The Morgan fingerprint density at radius 3 is 2.71 bits per heavy atom. The molecule has 0 radical (unpaired) electrons. The summed E-state index contributed by atoms with van der Waals surface area (Å²) in [7, 11) is 0. The number of hydrogen-bond donors (Lipinski definition) is 1. The molecule has 158 valence electrons. The summed E-state index contributed by atoms with van der Waals surface area (Å²) in [5.74, 6) is 1.65. The summed E-state index contributed by atoms with van der Waals surface area (Å²) < 4.78 is 19.3. The van der Waals surface area contributed by atoms with Gasteiger partial charge < -0.3 is 19.9 Å². The Bertz CT molecular complexity index is 637. The van der Waals surface area contributed by atoms with Gasteiger partial charge in [-0.25, -0.2) is 9.38 Å². The number of ether oxygens (including phenoxy) is 1. The van der Waals surface area contributed by atoms with Crippen molar-refractivity contribution in [2.75, 3.05) is 45.9 Å². The van der Waals surface area contributed by atoms with Crippen molar-refractivity contribution >= 4 is 29.9 Å². The zero-order valence-electron chi connectivity index (χ0n) is 17.1. The van der Waals surface area contributed by atoms with E-state index in [1.165, 1.54) is 45.0 Å². The summed E-state index contributed by atoms with van der Waals surface area (Å²) in [5.41, 5.74) is 0.860. The third-order valence-corrected chi connectivity index (χ3v) is 5.34. The molecule has 0 bridgehead atoms. The summed E-state index contributed by atoms with van der Waals surface area (Å²) in [6.07, 6.45) is 3.91. The van der Waals surface area contributed by atoms with Crippen LogP contribution in [0, 0.1) is 11.7 Å². The van der Waals surface area contributed by atoms with Gasteiger partial charge in [-0.3, -0.25) is 0 Å². The number of nitrogens with one attached hydrogen (secondary N) is 1. The van der Waals surface area contributed by atoms with E-state index in [-0.39, 0.29) is 29.8 Å². The molecule has 2 fully saturated rings. The first-order valence-corrected chi connectivity index (χ1v) is 10.4. The molecule has 2 aliphatic rings. The van der Waals surface area contributed by atoms with Gasteiger partial charge in [-0.15, -0.1) is 24.0 Å². The Morgan fingerprint density at radius 1 is 1.25 bits per heavy atom. The Balaban J connectivity index is 0.00000280. The number of nitrogens with zero attached hydrogens (tertiary/aromatic N) is 3. The van der Waals surface area contributed by atoms with Crippen LogP contribution in [0.1, 0.15) is 38.7 Å². The van der Waals surface area contributed by atoms with E-state index in [1.807, 2.05) is 13.0 Å². The van der Waals surface area contributed by atoms with Crippen LogP contribution in [0.15, 0.2) is 23.2 Å². The maximum absolute atomic E-state index is 14.1. The zero-order valence-corrected chi connectivity index (χ0v) is 19.5. The SMILES string of the molecule is CCNC(=NCc1ccc(OCC)c(F)c1)N1CCC(CN2CCCC2)C1.I. The van der Waals surface area contributed by atoms with Crippen LogP contribution in [0.25, 0.3) is 0 Å². The largest absolute Gasteiger partial charge is 0.491 e. The molecule has 0 aliphatic carbocycles. The molecular weight excluding hydrogens is 470 g/mol. The number of likely N-dealkylation sites (tertiary alicyclic amines) is 2. The number of guanidine groups is 1. The van der Waals surface area contributed by atoms with Crippen LogP contribution in [-0.2, 0) is 6.54 Å². The van der Waals surface area contributed by atoms with Crippen LogP contribution >= 0.6 is 24.0 Å². The minimum absolute atomic E-state index is 0. The molecule has 0 aromatic heterocycles. The smallest absolute Gasteiger partial charge is 0.194 e. The van der Waals surface area contributed by atoms with E-state index in [4.69, 9.17) is 9.73 Å². The first-order chi connectivity index (χ1) is 13.2. The van der Waals surface area contributed by atoms with Gasteiger partial charge in [0, 0.05) is 26.2 Å². The molecule has 1 N–H and O–H groups in total. The summed E-state index contributed by atoms with van der Waals surface area (Å²) in [5, 5.41) is 3.40. The average molecular weight is 504 g/mol. The molecule has 5 nitrogen and oxygen atoms in total. The van der Waals surface area contributed by atoms with Crippen molar-refractivity contribution in [2.24, 2.45) is 10.9 Å². The maximum atomic E-state index is 14.1. The third-order valence-electron chi connectivity index (χ3n) is 5.34. The van der Waals surface area contributed by atoms with Gasteiger partial charge in [0.1, 0.15) is 0 Å². The second-order valence-corrected chi connectivity index (χ2v) is 7.48. The predicted molar refractivity (Wildman–Crippen MR) is 123 cm³/mol. The Hall–Kier alpha value is -1.09. The van der Waals surface area contributed by atoms with Crippen LogP contribution in [0.5, 0.6) is 5.75 Å². The second kappa shape index (κ2) is 11.8. The van der Waals surface area contributed by atoms with Crippen LogP contribution in [0.2, 0.25) is 0 Å². The fourth-order valence-electron chi connectivity index (χ4n) is 4.01. The molecule has 1 aromatic rings. The summed E-state index contributed by atoms with van der Waals surface area (Å²) in [4.78, 5) is 9.71. The van der Waals surface area contributed by atoms with E-state index < -0.39 is 0 Å². The van der Waals surface area contributed by atoms with Crippen molar-refractivity contribution in [1.82, 2.24) is 15.1 Å². The average Bonchev–Trinajstić information content (AvgIpc) is 3.33. The molecule has 2 heterocycles. The van der Waals surface area contributed by atoms with Crippen molar-refractivity contribution in [3.05, 3.63) is 29.6 Å². The zero-order chi connectivity index (χ0) is 19.1. The van der Waals surface area contributed by atoms with Gasteiger partial charge in [0.2, 0.25) is 0 Å². The highest BCUT2D eigenvalue weighted by atomic mass is 127. The molecule has 2 aliphatic heterocycles. The van der Waals surface area contributed by atoms with E-state index in [9.17, 15) is 4.39 Å². The van der Waals surface area contributed by atoms with Crippen LogP contribution in [-0.4, -0.2) is 61.6 Å². The van der Waals surface area contributed by atoms with E-state index in [1.54, 1.807) is 6.07 Å². The highest BCUT2D eigenvalue weighted by Gasteiger charge is 2.27. The summed E-state index contributed by atoms with van der Waals surface area (Å²) in [6.45, 7) is 11.5. The maximum Gasteiger partial charge on any atom is 0.194 e. The lowest BCUT2D eigenvalue weighted by molar-refractivity contribution is 0.281. The van der Waals surface area contributed by atoms with Crippen molar-refractivity contribution in [2.45, 2.75) is 39.7 Å². The number of rotatable bonds is 7. The molecule has 1 unspecified atom stereocenters. The van der Waals surface area contributed by atoms with Crippen LogP contribution in [0.4, 0.5) is 4.39 Å². The van der Waals surface area contributed by atoms with Crippen LogP contribution < -0.4 is 10.1 Å². The highest BCUT2D eigenvalue weighted by Crippen LogP contribution is 2.21. The van der Waals surface area contributed by atoms with Gasteiger partial charge in [-0.2, -0.15) is 0 Å². The molecule has 0 spiro atoms. The molecular formula is C21H34FIN4O. The van der Waals surface area contributed by atoms with Crippen molar-refractivity contribution in [3.63, 3.8) is 0 Å². The van der Waals surface area contributed by atoms with Gasteiger partial charge in [-0.05, 0) is 69.8 Å². The number of benzene rings is 1. The monoisotopic (exact) mass is 504 g/mol. The molecule has 1 atom stereocenters. The molecule has 2 saturated heterocycles. The lowest BCUT2D eigenvalue weighted by Crippen LogP contribution is -2.40. The fourth-order valence-corrected chi connectivity index (χ4v) is 4.01. The van der Waals surface area contributed by atoms with Crippen molar-refractivity contribution in [3.8, 4) is 5.75 Å². The third kappa shape index (κ3) is 6.47. The topological polar surface area (TPSA) is 40.1 Å². The summed E-state index contributed by atoms with van der Waals surface area (Å²) >= 11 is 0. The first-order valence-electron chi connectivity index (χ1n) is 10.4. The molecule has 7 heteroatoms. The van der Waals surface area contributed by atoms with Gasteiger partial charge in [0.05, 0.1) is 13.2 Å². The molecule has 0 saturated carbocycles. The molecule has 1 aromatic carbocycles. The quantitative estimate of drug-likeness (QED) is 0.349. The van der Waals surface area contributed by atoms with Crippen molar-refractivity contribution < 1.29 is 9.13 Å². The van der Waals surface area contributed by atoms with E-state index in [2.05, 4.69) is 22.0 Å². The van der Waals surface area contributed by atoms with Crippen LogP contribution in [0.3, 0.4) is 0 Å². The number of aliphatic imine (C=N–C) groups is 1.